The first kappa shape index (κ1) is 25.6. The van der Waals surface area contributed by atoms with E-state index in [1.54, 1.807) is 29.2 Å². The van der Waals surface area contributed by atoms with Crippen LogP contribution in [0.2, 0.25) is 0 Å². The Kier molecular flexibility index (Phi) is 6.96. The molecule has 0 bridgehead atoms. The van der Waals surface area contributed by atoms with Crippen molar-refractivity contribution in [2.75, 3.05) is 30.8 Å². The Labute approximate surface area is 221 Å². The lowest BCUT2D eigenvalue weighted by Gasteiger charge is -2.45. The van der Waals surface area contributed by atoms with Gasteiger partial charge in [0.2, 0.25) is 5.91 Å². The molecule has 0 aromatic heterocycles. The Morgan fingerprint density at radius 2 is 1.95 bits per heavy atom. The first-order chi connectivity index (χ1) is 18.3. The smallest absolute Gasteiger partial charge is 0.412 e. The number of nitrogens with one attached hydrogen (secondary N) is 3. The van der Waals surface area contributed by atoms with Crippen molar-refractivity contribution in [1.82, 2.24) is 10.2 Å². The number of rotatable bonds is 6. The van der Waals surface area contributed by atoms with Crippen molar-refractivity contribution in [1.29, 1.82) is 0 Å². The SMILES string of the molecule is COC(=O)Nc1ccc(C(=O)NC(CC2CC2)C(=O)N2CCC[C@@]3(C2)OC(=O)Nc2ccc(C)cc23)cc1. The maximum Gasteiger partial charge on any atom is 0.412 e. The number of amides is 4. The molecule has 2 fully saturated rings. The van der Waals surface area contributed by atoms with Gasteiger partial charge in [-0.1, -0.05) is 24.5 Å². The van der Waals surface area contributed by atoms with Gasteiger partial charge >= 0.3 is 12.2 Å². The van der Waals surface area contributed by atoms with Gasteiger partial charge in [-0.25, -0.2) is 9.59 Å². The second kappa shape index (κ2) is 10.4. The lowest BCUT2D eigenvalue weighted by Crippen LogP contribution is -2.57. The summed E-state index contributed by atoms with van der Waals surface area (Å²) in [6.07, 6.45) is 2.79. The van der Waals surface area contributed by atoms with Crippen LogP contribution in [0.3, 0.4) is 0 Å². The zero-order valence-electron chi connectivity index (χ0n) is 21.5. The van der Waals surface area contributed by atoms with Crippen LogP contribution in [0.1, 0.15) is 53.6 Å². The van der Waals surface area contributed by atoms with E-state index in [9.17, 15) is 19.2 Å². The summed E-state index contributed by atoms with van der Waals surface area (Å²) in [6, 6.07) is 11.5. The maximum absolute atomic E-state index is 13.8. The number of benzene rings is 2. The van der Waals surface area contributed by atoms with Gasteiger partial charge in [0.05, 0.1) is 19.3 Å². The fourth-order valence-electron chi connectivity index (χ4n) is 5.27. The normalized spacial score (nSPS) is 21.0. The zero-order valence-corrected chi connectivity index (χ0v) is 21.5. The molecule has 0 radical (unpaired) electrons. The maximum atomic E-state index is 13.8. The summed E-state index contributed by atoms with van der Waals surface area (Å²) in [5.74, 6) is -0.138. The van der Waals surface area contributed by atoms with Crippen LogP contribution in [0.25, 0.3) is 0 Å². The average molecular weight is 521 g/mol. The van der Waals surface area contributed by atoms with Crippen molar-refractivity contribution in [2.45, 2.75) is 50.7 Å². The van der Waals surface area contributed by atoms with Crippen molar-refractivity contribution in [3.05, 3.63) is 59.2 Å². The van der Waals surface area contributed by atoms with Crippen LogP contribution in [-0.4, -0.2) is 55.1 Å². The number of fused-ring (bicyclic) bond motifs is 2. The van der Waals surface area contributed by atoms with Gasteiger partial charge in [-0.3, -0.25) is 20.2 Å². The fourth-order valence-corrected chi connectivity index (χ4v) is 5.27. The molecule has 1 saturated carbocycles. The van der Waals surface area contributed by atoms with E-state index >= 15 is 0 Å². The molecular formula is C28H32N4O6. The highest BCUT2D eigenvalue weighted by Crippen LogP contribution is 2.43. The quantitative estimate of drug-likeness (QED) is 0.525. The van der Waals surface area contributed by atoms with Gasteiger partial charge in [-0.05, 0) is 68.5 Å². The molecule has 2 aromatic rings. The Morgan fingerprint density at radius 1 is 1.18 bits per heavy atom. The molecule has 2 atom stereocenters. The highest BCUT2D eigenvalue weighted by atomic mass is 16.6. The topological polar surface area (TPSA) is 126 Å². The molecule has 3 aliphatic rings. The predicted molar refractivity (Wildman–Crippen MR) is 140 cm³/mol. The summed E-state index contributed by atoms with van der Waals surface area (Å²) in [5, 5.41) is 8.25. The van der Waals surface area contributed by atoms with E-state index in [4.69, 9.17) is 4.74 Å². The van der Waals surface area contributed by atoms with Crippen molar-refractivity contribution >= 4 is 35.4 Å². The minimum atomic E-state index is -0.922. The summed E-state index contributed by atoms with van der Waals surface area (Å²) in [7, 11) is 1.27. The molecule has 2 aliphatic heterocycles. The standard InChI is InChI=1S/C28H32N4O6/c1-17-4-11-22-21(14-17)28(38-27(36)31-22)12-3-13-32(16-28)25(34)23(15-18-5-6-18)30-24(33)19-7-9-20(10-8-19)29-26(35)37-2/h4,7-11,14,18,23H,3,5-6,12-13,15-16H2,1-2H3,(H,29,35)(H,30,33)(H,31,36)/t23?,28-/m0/s1. The lowest BCUT2D eigenvalue weighted by atomic mass is 9.82. The van der Waals surface area contributed by atoms with E-state index in [-0.39, 0.29) is 18.4 Å². The van der Waals surface area contributed by atoms with Crippen molar-refractivity contribution in [3.63, 3.8) is 0 Å². The Hall–Kier alpha value is -4.08. The Balaban J connectivity index is 1.33. The molecule has 1 saturated heterocycles. The number of piperidine rings is 1. The molecule has 1 unspecified atom stereocenters. The molecule has 4 amide bonds. The monoisotopic (exact) mass is 520 g/mol. The van der Waals surface area contributed by atoms with Crippen LogP contribution >= 0.6 is 0 Å². The first-order valence-electron chi connectivity index (χ1n) is 12.9. The van der Waals surface area contributed by atoms with Crippen LogP contribution in [0.15, 0.2) is 42.5 Å². The van der Waals surface area contributed by atoms with Crippen molar-refractivity contribution in [3.8, 4) is 0 Å². The van der Waals surface area contributed by atoms with Crippen LogP contribution in [0.4, 0.5) is 21.0 Å². The molecule has 200 valence electrons. The molecule has 5 rings (SSSR count). The zero-order chi connectivity index (χ0) is 26.9. The lowest BCUT2D eigenvalue weighted by molar-refractivity contribution is -0.141. The number of methoxy groups -OCH3 is 1. The van der Waals surface area contributed by atoms with E-state index in [0.717, 1.165) is 24.0 Å². The van der Waals surface area contributed by atoms with Crippen LogP contribution in [0.5, 0.6) is 0 Å². The van der Waals surface area contributed by atoms with Crippen molar-refractivity contribution < 1.29 is 28.7 Å². The highest BCUT2D eigenvalue weighted by molar-refractivity contribution is 5.98. The van der Waals surface area contributed by atoms with Crippen molar-refractivity contribution in [2.24, 2.45) is 5.92 Å². The molecule has 10 heteroatoms. The molecular weight excluding hydrogens is 488 g/mol. The Morgan fingerprint density at radius 3 is 2.66 bits per heavy atom. The summed E-state index contributed by atoms with van der Waals surface area (Å²) >= 11 is 0. The number of anilines is 2. The van der Waals surface area contributed by atoms with Gasteiger partial charge in [0, 0.05) is 23.4 Å². The molecule has 2 aromatic carbocycles. The number of likely N-dealkylation sites (tertiary alicyclic amines) is 1. The number of ether oxygens (including phenoxy) is 2. The van der Waals surface area contributed by atoms with E-state index in [2.05, 4.69) is 20.7 Å². The summed E-state index contributed by atoms with van der Waals surface area (Å²) in [5.41, 5.74) is 2.56. The van der Waals surface area contributed by atoms with E-state index in [1.165, 1.54) is 7.11 Å². The van der Waals surface area contributed by atoms with E-state index < -0.39 is 23.8 Å². The van der Waals surface area contributed by atoms with E-state index in [0.29, 0.717) is 48.7 Å². The fraction of sp³-hybridized carbons (Fsp3) is 0.429. The van der Waals surface area contributed by atoms with Gasteiger partial charge < -0.3 is 19.7 Å². The Bertz CT molecular complexity index is 1260. The second-order valence-electron chi connectivity index (χ2n) is 10.3. The van der Waals surface area contributed by atoms with Crippen LogP contribution in [-0.2, 0) is 19.9 Å². The highest BCUT2D eigenvalue weighted by Gasteiger charge is 2.47. The average Bonchev–Trinajstić information content (AvgIpc) is 3.73. The third-order valence-corrected chi connectivity index (χ3v) is 7.41. The number of nitrogens with zero attached hydrogens (tertiary/aromatic N) is 1. The van der Waals surface area contributed by atoms with Crippen LogP contribution < -0.4 is 16.0 Å². The van der Waals surface area contributed by atoms with E-state index in [1.807, 2.05) is 25.1 Å². The number of hydrogen-bond acceptors (Lipinski definition) is 6. The molecule has 1 aliphatic carbocycles. The predicted octanol–water partition coefficient (Wildman–Crippen LogP) is 4.15. The third-order valence-electron chi connectivity index (χ3n) is 7.41. The van der Waals surface area contributed by atoms with Gasteiger partial charge in [-0.2, -0.15) is 0 Å². The first-order valence-corrected chi connectivity index (χ1v) is 12.9. The molecule has 10 nitrogen and oxygen atoms in total. The summed E-state index contributed by atoms with van der Waals surface area (Å²) in [6.45, 7) is 2.74. The number of carbonyl (C=O) groups is 4. The summed E-state index contributed by atoms with van der Waals surface area (Å²) < 4.78 is 10.5. The van der Waals surface area contributed by atoms with Gasteiger partial charge in [0.15, 0.2) is 5.60 Å². The molecule has 3 N–H and O–H groups in total. The second-order valence-corrected chi connectivity index (χ2v) is 10.3. The molecule has 1 spiro atoms. The van der Waals surface area contributed by atoms with Gasteiger partial charge in [-0.15, -0.1) is 0 Å². The molecule has 38 heavy (non-hydrogen) atoms. The minimum absolute atomic E-state index is 0.169. The minimum Gasteiger partial charge on any atom is -0.453 e. The largest absolute Gasteiger partial charge is 0.453 e. The number of hydrogen-bond donors (Lipinski definition) is 3. The third kappa shape index (κ3) is 5.44. The summed E-state index contributed by atoms with van der Waals surface area (Å²) in [4.78, 5) is 52.5. The number of aryl methyl sites for hydroxylation is 1. The van der Waals surface area contributed by atoms with Crippen LogP contribution in [0, 0.1) is 12.8 Å². The van der Waals surface area contributed by atoms with Gasteiger partial charge in [0.1, 0.15) is 6.04 Å². The number of carbonyl (C=O) groups excluding carboxylic acids is 4. The molecule has 2 heterocycles. The van der Waals surface area contributed by atoms with Gasteiger partial charge in [0.25, 0.3) is 5.91 Å².